The summed E-state index contributed by atoms with van der Waals surface area (Å²) in [5.41, 5.74) is 0.693. The lowest BCUT2D eigenvalue weighted by molar-refractivity contribution is 0.618. The van der Waals surface area contributed by atoms with E-state index in [9.17, 15) is 4.39 Å². The van der Waals surface area contributed by atoms with Gasteiger partial charge in [-0.05, 0) is 30.1 Å². The van der Waals surface area contributed by atoms with Crippen LogP contribution in [0.1, 0.15) is 16.5 Å². The highest BCUT2D eigenvalue weighted by Gasteiger charge is 2.20. The van der Waals surface area contributed by atoms with Gasteiger partial charge in [0.05, 0.1) is 16.1 Å². The highest BCUT2D eigenvalue weighted by atomic mass is 35.5. The van der Waals surface area contributed by atoms with Crippen molar-refractivity contribution in [1.29, 1.82) is 0 Å². The van der Waals surface area contributed by atoms with E-state index in [0.29, 0.717) is 10.6 Å². The van der Waals surface area contributed by atoms with Crippen LogP contribution >= 0.6 is 34.5 Å². The second-order valence-electron chi connectivity index (χ2n) is 3.50. The quantitative estimate of drug-likeness (QED) is 0.877. The minimum atomic E-state index is -0.419. The van der Waals surface area contributed by atoms with Gasteiger partial charge in [-0.15, -0.1) is 11.3 Å². The van der Waals surface area contributed by atoms with E-state index >= 15 is 0 Å². The summed E-state index contributed by atoms with van der Waals surface area (Å²) >= 11 is 13.6. The van der Waals surface area contributed by atoms with Crippen LogP contribution in [0.5, 0.6) is 0 Å². The summed E-state index contributed by atoms with van der Waals surface area (Å²) in [5.74, 6) is -0.419. The van der Waals surface area contributed by atoms with E-state index in [2.05, 4.69) is 5.32 Å². The SMILES string of the molecule is CNC(c1cccc(F)c1Cl)c1sccc1Cl. The largest absolute Gasteiger partial charge is 0.309 e. The third-order valence-electron chi connectivity index (χ3n) is 2.49. The summed E-state index contributed by atoms with van der Waals surface area (Å²) < 4.78 is 13.4. The molecule has 1 unspecified atom stereocenters. The molecule has 90 valence electrons. The summed E-state index contributed by atoms with van der Waals surface area (Å²) in [7, 11) is 1.79. The molecule has 0 saturated heterocycles. The molecule has 1 aromatic heterocycles. The highest BCUT2D eigenvalue weighted by Crippen LogP contribution is 2.36. The van der Waals surface area contributed by atoms with E-state index in [1.54, 1.807) is 19.2 Å². The Morgan fingerprint density at radius 1 is 1.29 bits per heavy atom. The fraction of sp³-hybridized carbons (Fsp3) is 0.167. The molecule has 1 heterocycles. The van der Waals surface area contributed by atoms with Crippen molar-refractivity contribution in [2.24, 2.45) is 0 Å². The van der Waals surface area contributed by atoms with Gasteiger partial charge in [-0.1, -0.05) is 35.3 Å². The van der Waals surface area contributed by atoms with Gasteiger partial charge in [0, 0.05) is 4.88 Å². The van der Waals surface area contributed by atoms with Crippen LogP contribution in [0.15, 0.2) is 29.6 Å². The van der Waals surface area contributed by atoms with Gasteiger partial charge in [0.15, 0.2) is 0 Å². The van der Waals surface area contributed by atoms with Crippen LogP contribution in [-0.2, 0) is 0 Å². The molecule has 0 spiro atoms. The molecule has 1 nitrogen and oxygen atoms in total. The lowest BCUT2D eigenvalue weighted by Crippen LogP contribution is -2.17. The first-order valence-electron chi connectivity index (χ1n) is 4.99. The van der Waals surface area contributed by atoms with Gasteiger partial charge in [-0.3, -0.25) is 0 Å². The molecule has 1 atom stereocenters. The molecule has 2 rings (SSSR count). The third-order valence-corrected chi connectivity index (χ3v) is 4.31. The summed E-state index contributed by atoms with van der Waals surface area (Å²) in [6.07, 6.45) is 0. The van der Waals surface area contributed by atoms with E-state index in [4.69, 9.17) is 23.2 Å². The number of benzene rings is 1. The number of thiophene rings is 1. The van der Waals surface area contributed by atoms with Gasteiger partial charge in [0.1, 0.15) is 5.82 Å². The second-order valence-corrected chi connectivity index (χ2v) is 5.23. The molecule has 0 fully saturated rings. The van der Waals surface area contributed by atoms with Crippen LogP contribution in [0, 0.1) is 5.82 Å². The molecule has 0 radical (unpaired) electrons. The maximum absolute atomic E-state index is 13.4. The van der Waals surface area contributed by atoms with E-state index in [1.807, 2.05) is 11.4 Å². The Morgan fingerprint density at radius 2 is 2.06 bits per heavy atom. The van der Waals surface area contributed by atoms with Crippen molar-refractivity contribution in [3.63, 3.8) is 0 Å². The molecule has 1 aromatic carbocycles. The lowest BCUT2D eigenvalue weighted by atomic mass is 10.1. The van der Waals surface area contributed by atoms with Crippen LogP contribution in [0.2, 0.25) is 10.0 Å². The number of hydrogen-bond donors (Lipinski definition) is 1. The summed E-state index contributed by atoms with van der Waals surface area (Å²) in [6, 6.07) is 6.41. The monoisotopic (exact) mass is 289 g/mol. The van der Waals surface area contributed by atoms with Crippen LogP contribution in [0.4, 0.5) is 4.39 Å². The third kappa shape index (κ3) is 2.47. The molecular formula is C12H10Cl2FNS. The number of rotatable bonds is 3. The van der Waals surface area contributed by atoms with E-state index in [0.717, 1.165) is 4.88 Å². The lowest BCUT2D eigenvalue weighted by Gasteiger charge is -2.17. The van der Waals surface area contributed by atoms with Crippen molar-refractivity contribution >= 4 is 34.5 Å². The van der Waals surface area contributed by atoms with Gasteiger partial charge in [-0.25, -0.2) is 4.39 Å². The molecule has 0 bridgehead atoms. The van der Waals surface area contributed by atoms with Crippen molar-refractivity contribution in [2.75, 3.05) is 7.05 Å². The minimum absolute atomic E-state index is 0.135. The van der Waals surface area contributed by atoms with Gasteiger partial charge < -0.3 is 5.32 Å². The smallest absolute Gasteiger partial charge is 0.142 e. The molecule has 0 saturated carbocycles. The molecule has 0 aliphatic rings. The average molecular weight is 290 g/mol. The standard InChI is InChI=1S/C12H10Cl2FNS/c1-16-11(12-8(13)5-6-17-12)7-3-2-4-9(15)10(7)14/h2-6,11,16H,1H3. The Bertz CT molecular complexity index is 527. The molecule has 2 aromatic rings. The van der Waals surface area contributed by atoms with Crippen molar-refractivity contribution in [3.8, 4) is 0 Å². The number of halogens is 3. The molecule has 5 heteroatoms. The van der Waals surface area contributed by atoms with Crippen LogP contribution in [0.25, 0.3) is 0 Å². The minimum Gasteiger partial charge on any atom is -0.309 e. The Balaban J connectivity index is 2.50. The molecule has 17 heavy (non-hydrogen) atoms. The van der Waals surface area contributed by atoms with E-state index < -0.39 is 5.82 Å². The fourth-order valence-electron chi connectivity index (χ4n) is 1.68. The predicted molar refractivity (Wildman–Crippen MR) is 71.6 cm³/mol. The first kappa shape index (κ1) is 12.8. The zero-order valence-electron chi connectivity index (χ0n) is 9.01. The predicted octanol–water partition coefficient (Wildman–Crippen LogP) is 4.50. The Hall–Kier alpha value is -0.610. The van der Waals surface area contributed by atoms with Crippen molar-refractivity contribution in [3.05, 3.63) is 55.9 Å². The summed E-state index contributed by atoms with van der Waals surface area (Å²) in [6.45, 7) is 0. The Kier molecular flexibility index (Phi) is 4.05. The van der Waals surface area contributed by atoms with Crippen molar-refractivity contribution in [2.45, 2.75) is 6.04 Å². The highest BCUT2D eigenvalue weighted by molar-refractivity contribution is 7.10. The summed E-state index contributed by atoms with van der Waals surface area (Å²) in [4.78, 5) is 0.932. The number of hydrogen-bond acceptors (Lipinski definition) is 2. The number of nitrogens with one attached hydrogen (secondary N) is 1. The van der Waals surface area contributed by atoms with Crippen LogP contribution in [-0.4, -0.2) is 7.05 Å². The van der Waals surface area contributed by atoms with E-state index in [1.165, 1.54) is 17.4 Å². The Labute approximate surface area is 113 Å². The second kappa shape index (κ2) is 5.36. The maximum atomic E-state index is 13.4. The zero-order valence-corrected chi connectivity index (χ0v) is 11.3. The average Bonchev–Trinajstić information content (AvgIpc) is 2.72. The van der Waals surface area contributed by atoms with Crippen LogP contribution in [0.3, 0.4) is 0 Å². The van der Waals surface area contributed by atoms with E-state index in [-0.39, 0.29) is 11.1 Å². The molecule has 1 N–H and O–H groups in total. The summed E-state index contributed by atoms with van der Waals surface area (Å²) in [5, 5.41) is 5.80. The van der Waals surface area contributed by atoms with Gasteiger partial charge in [0.25, 0.3) is 0 Å². The van der Waals surface area contributed by atoms with Crippen molar-refractivity contribution < 1.29 is 4.39 Å². The molecular weight excluding hydrogens is 280 g/mol. The van der Waals surface area contributed by atoms with Gasteiger partial charge in [0.2, 0.25) is 0 Å². The maximum Gasteiger partial charge on any atom is 0.142 e. The van der Waals surface area contributed by atoms with Gasteiger partial charge >= 0.3 is 0 Å². The van der Waals surface area contributed by atoms with Gasteiger partial charge in [-0.2, -0.15) is 0 Å². The van der Waals surface area contributed by atoms with Crippen LogP contribution < -0.4 is 5.32 Å². The fourth-order valence-corrected chi connectivity index (χ4v) is 3.21. The molecule has 0 aliphatic heterocycles. The Morgan fingerprint density at radius 3 is 2.65 bits per heavy atom. The molecule has 0 aliphatic carbocycles. The topological polar surface area (TPSA) is 12.0 Å². The zero-order chi connectivity index (χ0) is 12.4. The molecule has 0 amide bonds. The first-order valence-corrected chi connectivity index (χ1v) is 6.62. The van der Waals surface area contributed by atoms with Crippen molar-refractivity contribution in [1.82, 2.24) is 5.32 Å². The normalized spacial score (nSPS) is 12.7. The first-order chi connectivity index (χ1) is 8.15.